The van der Waals surface area contributed by atoms with Crippen LogP contribution in [0.4, 0.5) is 0 Å². The number of benzene rings is 1. The van der Waals surface area contributed by atoms with E-state index in [1.54, 1.807) is 20.5 Å². The molecule has 0 N–H and O–H groups in total. The number of imidazole rings is 1. The summed E-state index contributed by atoms with van der Waals surface area (Å²) < 4.78 is 12.3. The highest BCUT2D eigenvalue weighted by Crippen LogP contribution is 2.30. The van der Waals surface area contributed by atoms with Gasteiger partial charge in [0.25, 0.3) is 0 Å². The summed E-state index contributed by atoms with van der Waals surface area (Å²) >= 11 is 0. The van der Waals surface area contributed by atoms with Crippen LogP contribution in [0.15, 0.2) is 18.5 Å². The zero-order valence-corrected chi connectivity index (χ0v) is 8.44. The second-order valence-corrected chi connectivity index (χ2v) is 3.05. The third-order valence-electron chi connectivity index (χ3n) is 2.23. The third-order valence-corrected chi connectivity index (χ3v) is 2.23. The summed E-state index contributed by atoms with van der Waals surface area (Å²) in [6.07, 6.45) is 1.77. The summed E-state index contributed by atoms with van der Waals surface area (Å²) in [6, 6.07) is 3.79. The Morgan fingerprint density at radius 1 is 1.14 bits per heavy atom. The van der Waals surface area contributed by atoms with Crippen LogP contribution in [0.2, 0.25) is 0 Å². The summed E-state index contributed by atoms with van der Waals surface area (Å²) in [4.78, 5) is 4.23. The van der Waals surface area contributed by atoms with Crippen LogP contribution in [0.1, 0.15) is 0 Å². The Morgan fingerprint density at radius 3 is 2.43 bits per heavy atom. The van der Waals surface area contributed by atoms with E-state index in [0.717, 1.165) is 16.8 Å². The third kappa shape index (κ3) is 1.19. The zero-order chi connectivity index (χ0) is 10.1. The van der Waals surface area contributed by atoms with E-state index in [0.29, 0.717) is 5.75 Å². The molecule has 0 saturated heterocycles. The first-order chi connectivity index (χ1) is 6.76. The lowest BCUT2D eigenvalue weighted by molar-refractivity contribution is 0.355. The first-order valence-corrected chi connectivity index (χ1v) is 4.29. The van der Waals surface area contributed by atoms with Crippen molar-refractivity contribution in [1.29, 1.82) is 0 Å². The van der Waals surface area contributed by atoms with E-state index >= 15 is 0 Å². The predicted molar refractivity (Wildman–Crippen MR) is 53.8 cm³/mol. The van der Waals surface area contributed by atoms with Crippen LogP contribution in [-0.2, 0) is 7.05 Å². The van der Waals surface area contributed by atoms with Crippen molar-refractivity contribution in [2.75, 3.05) is 14.2 Å². The molecule has 0 aliphatic heterocycles. The summed E-state index contributed by atoms with van der Waals surface area (Å²) in [6.45, 7) is 0. The second-order valence-electron chi connectivity index (χ2n) is 3.05. The van der Waals surface area contributed by atoms with Gasteiger partial charge in [-0.1, -0.05) is 0 Å². The number of aryl methyl sites for hydroxylation is 1. The molecule has 0 aliphatic carbocycles. The molecule has 74 valence electrons. The van der Waals surface area contributed by atoms with E-state index in [1.165, 1.54) is 0 Å². The van der Waals surface area contributed by atoms with E-state index in [2.05, 4.69) is 4.98 Å². The zero-order valence-electron chi connectivity index (χ0n) is 8.44. The minimum absolute atomic E-state index is 0.707. The van der Waals surface area contributed by atoms with Crippen LogP contribution in [0, 0.1) is 0 Å². The first kappa shape index (κ1) is 8.87. The quantitative estimate of drug-likeness (QED) is 0.725. The van der Waals surface area contributed by atoms with Gasteiger partial charge in [0.2, 0.25) is 0 Å². The Morgan fingerprint density at radius 2 is 1.79 bits per heavy atom. The molecule has 0 aliphatic rings. The van der Waals surface area contributed by atoms with Gasteiger partial charge in [-0.3, -0.25) is 0 Å². The molecule has 0 saturated carbocycles. The molecular formula is C10H12N2O2. The van der Waals surface area contributed by atoms with Gasteiger partial charge in [-0.2, -0.15) is 0 Å². The van der Waals surface area contributed by atoms with Crippen molar-refractivity contribution in [2.45, 2.75) is 0 Å². The van der Waals surface area contributed by atoms with E-state index in [9.17, 15) is 0 Å². The topological polar surface area (TPSA) is 36.3 Å². The number of methoxy groups -OCH3 is 2. The Labute approximate surface area is 82.1 Å². The van der Waals surface area contributed by atoms with E-state index in [1.807, 2.05) is 23.7 Å². The Bertz CT molecular complexity index is 462. The van der Waals surface area contributed by atoms with Gasteiger partial charge in [0.15, 0.2) is 11.5 Å². The number of nitrogens with zero attached hydrogens (tertiary/aromatic N) is 2. The maximum Gasteiger partial charge on any atom is 0.163 e. The molecule has 4 heteroatoms. The molecule has 0 unspecified atom stereocenters. The summed E-state index contributed by atoms with van der Waals surface area (Å²) in [5.41, 5.74) is 1.94. The smallest absolute Gasteiger partial charge is 0.163 e. The molecule has 0 spiro atoms. The van der Waals surface area contributed by atoms with Gasteiger partial charge < -0.3 is 14.0 Å². The minimum Gasteiger partial charge on any atom is -0.493 e. The maximum atomic E-state index is 5.20. The van der Waals surface area contributed by atoms with Gasteiger partial charge in [-0.15, -0.1) is 0 Å². The van der Waals surface area contributed by atoms with Gasteiger partial charge in [-0.05, 0) is 0 Å². The van der Waals surface area contributed by atoms with Crippen LogP contribution in [0.5, 0.6) is 11.5 Å². The molecule has 0 fully saturated rings. The lowest BCUT2D eigenvalue weighted by Crippen LogP contribution is -1.91. The summed E-state index contributed by atoms with van der Waals surface area (Å²) in [5, 5.41) is 0. The van der Waals surface area contributed by atoms with Crippen molar-refractivity contribution >= 4 is 11.0 Å². The Balaban J connectivity index is 2.71. The lowest BCUT2D eigenvalue weighted by Gasteiger charge is -2.07. The molecule has 1 heterocycles. The molecule has 2 aromatic rings. The van der Waals surface area contributed by atoms with Crippen molar-refractivity contribution in [2.24, 2.45) is 7.05 Å². The molecule has 2 rings (SSSR count). The number of hydrogen-bond donors (Lipinski definition) is 0. The second kappa shape index (κ2) is 3.21. The van der Waals surface area contributed by atoms with Gasteiger partial charge in [0.05, 0.1) is 31.6 Å². The Kier molecular flexibility index (Phi) is 2.04. The van der Waals surface area contributed by atoms with Crippen molar-refractivity contribution in [3.8, 4) is 11.5 Å². The molecule has 4 nitrogen and oxygen atoms in total. The number of hydrogen-bond acceptors (Lipinski definition) is 3. The largest absolute Gasteiger partial charge is 0.493 e. The van der Waals surface area contributed by atoms with E-state index in [-0.39, 0.29) is 0 Å². The van der Waals surface area contributed by atoms with Crippen molar-refractivity contribution in [1.82, 2.24) is 9.55 Å². The van der Waals surface area contributed by atoms with Crippen LogP contribution in [-0.4, -0.2) is 23.8 Å². The van der Waals surface area contributed by atoms with Crippen LogP contribution in [0.25, 0.3) is 11.0 Å². The number of ether oxygens (including phenoxy) is 2. The maximum absolute atomic E-state index is 5.20. The average molecular weight is 192 g/mol. The number of aromatic nitrogens is 2. The minimum atomic E-state index is 0.707. The average Bonchev–Trinajstić information content (AvgIpc) is 2.58. The molecule has 0 amide bonds. The van der Waals surface area contributed by atoms with Gasteiger partial charge in [0, 0.05) is 19.2 Å². The van der Waals surface area contributed by atoms with Gasteiger partial charge in [0.1, 0.15) is 0 Å². The summed E-state index contributed by atoms with van der Waals surface area (Å²) in [5.74, 6) is 1.43. The van der Waals surface area contributed by atoms with Gasteiger partial charge >= 0.3 is 0 Å². The molecule has 14 heavy (non-hydrogen) atoms. The summed E-state index contributed by atoms with van der Waals surface area (Å²) in [7, 11) is 5.19. The predicted octanol–water partition coefficient (Wildman–Crippen LogP) is 1.59. The fourth-order valence-corrected chi connectivity index (χ4v) is 1.45. The number of rotatable bonds is 2. The highest BCUT2D eigenvalue weighted by atomic mass is 16.5. The highest BCUT2D eigenvalue weighted by Gasteiger charge is 2.08. The first-order valence-electron chi connectivity index (χ1n) is 4.29. The Hall–Kier alpha value is -1.71. The SMILES string of the molecule is COc1cc2ncn(C)c2cc1OC. The fourth-order valence-electron chi connectivity index (χ4n) is 1.45. The molecular weight excluding hydrogens is 180 g/mol. The van der Waals surface area contributed by atoms with E-state index < -0.39 is 0 Å². The molecule has 1 aromatic heterocycles. The molecule has 1 aromatic carbocycles. The normalized spacial score (nSPS) is 10.5. The number of fused-ring (bicyclic) bond motifs is 1. The van der Waals surface area contributed by atoms with Crippen LogP contribution >= 0.6 is 0 Å². The molecule has 0 atom stereocenters. The van der Waals surface area contributed by atoms with Crippen molar-refractivity contribution in [3.63, 3.8) is 0 Å². The standard InChI is InChI=1S/C10H12N2O2/c1-12-6-11-7-4-9(13-2)10(14-3)5-8(7)12/h4-6H,1-3H3. The van der Waals surface area contributed by atoms with Gasteiger partial charge in [-0.25, -0.2) is 4.98 Å². The highest BCUT2D eigenvalue weighted by molar-refractivity contribution is 5.79. The molecule has 0 bridgehead atoms. The lowest BCUT2D eigenvalue weighted by atomic mass is 10.2. The van der Waals surface area contributed by atoms with Crippen LogP contribution < -0.4 is 9.47 Å². The van der Waals surface area contributed by atoms with Crippen molar-refractivity contribution < 1.29 is 9.47 Å². The van der Waals surface area contributed by atoms with Crippen molar-refractivity contribution in [3.05, 3.63) is 18.5 Å². The van der Waals surface area contributed by atoms with Crippen LogP contribution in [0.3, 0.4) is 0 Å². The monoisotopic (exact) mass is 192 g/mol. The van der Waals surface area contributed by atoms with E-state index in [4.69, 9.17) is 9.47 Å². The molecule has 0 radical (unpaired) electrons. The fraction of sp³-hybridized carbons (Fsp3) is 0.300.